The highest BCUT2D eigenvalue weighted by Crippen LogP contribution is 2.25. The minimum Gasteiger partial charge on any atom is -0.378 e. The van der Waals surface area contributed by atoms with Crippen LogP contribution in [0.3, 0.4) is 0 Å². The third-order valence-corrected chi connectivity index (χ3v) is 3.48. The Balaban J connectivity index is 2.10. The highest BCUT2D eigenvalue weighted by Gasteiger charge is 2.16. The minimum absolute atomic E-state index is 0.0808. The molecule has 1 aliphatic rings. The normalized spacial score (nSPS) is 16.1. The van der Waals surface area contributed by atoms with Gasteiger partial charge in [-0.2, -0.15) is 0 Å². The molecule has 0 aliphatic carbocycles. The maximum Gasteiger partial charge on any atom is 0.128 e. The first-order chi connectivity index (χ1) is 9.18. The molecule has 0 N–H and O–H groups in total. The fraction of sp³-hybridized carbons (Fsp3) is 0.600. The number of benzene rings is 1. The first kappa shape index (κ1) is 14.3. The molecule has 1 aromatic rings. The van der Waals surface area contributed by atoms with Crippen LogP contribution in [-0.4, -0.2) is 51.8 Å². The Morgan fingerprint density at radius 3 is 2.68 bits per heavy atom. The van der Waals surface area contributed by atoms with Gasteiger partial charge in [0.1, 0.15) is 5.82 Å². The molecular weight excluding hydrogens is 243 g/mol. The second-order valence-corrected chi connectivity index (χ2v) is 5.24. The molecule has 0 radical (unpaired) electrons. The lowest BCUT2D eigenvalue weighted by Crippen LogP contribution is -2.37. The summed E-state index contributed by atoms with van der Waals surface area (Å²) in [5.74, 6) is -0.0808. The smallest absolute Gasteiger partial charge is 0.128 e. The SMILES string of the molecule is CN(C)CCCc1c(F)cccc1N1CCOCC1. The second kappa shape index (κ2) is 6.87. The van der Waals surface area contributed by atoms with E-state index < -0.39 is 0 Å². The Kier molecular flexibility index (Phi) is 5.16. The molecule has 106 valence electrons. The Morgan fingerprint density at radius 1 is 1.26 bits per heavy atom. The van der Waals surface area contributed by atoms with Crippen LogP contribution in [0.2, 0.25) is 0 Å². The fourth-order valence-corrected chi connectivity index (χ4v) is 2.47. The average Bonchev–Trinajstić information content (AvgIpc) is 2.41. The maximum atomic E-state index is 14.1. The van der Waals surface area contributed by atoms with Crippen molar-refractivity contribution in [2.24, 2.45) is 0 Å². The summed E-state index contributed by atoms with van der Waals surface area (Å²) in [5, 5.41) is 0. The van der Waals surface area contributed by atoms with E-state index in [4.69, 9.17) is 4.74 Å². The predicted molar refractivity (Wildman–Crippen MR) is 76.3 cm³/mol. The number of morpholine rings is 1. The van der Waals surface area contributed by atoms with Gasteiger partial charge in [0.25, 0.3) is 0 Å². The van der Waals surface area contributed by atoms with E-state index in [9.17, 15) is 4.39 Å². The molecule has 1 heterocycles. The highest BCUT2D eigenvalue weighted by atomic mass is 19.1. The van der Waals surface area contributed by atoms with Gasteiger partial charge in [-0.15, -0.1) is 0 Å². The third kappa shape index (κ3) is 3.91. The molecule has 1 fully saturated rings. The van der Waals surface area contributed by atoms with Gasteiger partial charge in [0, 0.05) is 24.3 Å². The Bertz CT molecular complexity index is 403. The number of hydrogen-bond acceptors (Lipinski definition) is 3. The van der Waals surface area contributed by atoms with Gasteiger partial charge in [0.2, 0.25) is 0 Å². The third-order valence-electron chi connectivity index (χ3n) is 3.48. The summed E-state index contributed by atoms with van der Waals surface area (Å²) < 4.78 is 19.4. The summed E-state index contributed by atoms with van der Waals surface area (Å²) >= 11 is 0. The maximum absolute atomic E-state index is 14.1. The molecule has 4 heteroatoms. The number of nitrogens with zero attached hydrogens (tertiary/aromatic N) is 2. The van der Waals surface area contributed by atoms with E-state index in [1.807, 2.05) is 20.2 Å². The van der Waals surface area contributed by atoms with Crippen molar-refractivity contribution in [3.63, 3.8) is 0 Å². The molecule has 0 spiro atoms. The van der Waals surface area contributed by atoms with Crippen molar-refractivity contribution in [3.05, 3.63) is 29.6 Å². The molecule has 0 amide bonds. The van der Waals surface area contributed by atoms with Crippen LogP contribution in [0, 0.1) is 5.82 Å². The molecule has 1 saturated heterocycles. The van der Waals surface area contributed by atoms with Crippen LogP contribution in [-0.2, 0) is 11.2 Å². The largest absolute Gasteiger partial charge is 0.378 e. The van der Waals surface area contributed by atoms with Gasteiger partial charge in [-0.05, 0) is 45.6 Å². The fourth-order valence-electron chi connectivity index (χ4n) is 2.47. The van der Waals surface area contributed by atoms with Crippen LogP contribution >= 0.6 is 0 Å². The van der Waals surface area contributed by atoms with Crippen LogP contribution in [0.25, 0.3) is 0 Å². The van der Waals surface area contributed by atoms with Crippen LogP contribution in [0.1, 0.15) is 12.0 Å². The number of halogens is 1. The standard InChI is InChI=1S/C15H23FN2O/c1-17(2)8-4-5-13-14(16)6-3-7-15(13)18-9-11-19-12-10-18/h3,6-7H,4-5,8-12H2,1-2H3. The summed E-state index contributed by atoms with van der Waals surface area (Å²) in [6, 6.07) is 5.39. The lowest BCUT2D eigenvalue weighted by atomic mass is 10.1. The zero-order valence-corrected chi connectivity index (χ0v) is 11.9. The first-order valence-corrected chi connectivity index (χ1v) is 6.93. The molecule has 0 unspecified atom stereocenters. The van der Waals surface area contributed by atoms with E-state index in [1.54, 1.807) is 12.1 Å². The van der Waals surface area contributed by atoms with Crippen LogP contribution < -0.4 is 4.90 Å². The molecule has 0 bridgehead atoms. The molecule has 0 atom stereocenters. The van der Waals surface area contributed by atoms with Gasteiger partial charge in [-0.3, -0.25) is 0 Å². The topological polar surface area (TPSA) is 15.7 Å². The number of ether oxygens (including phenoxy) is 1. The number of rotatable bonds is 5. The summed E-state index contributed by atoms with van der Waals surface area (Å²) in [7, 11) is 4.09. The monoisotopic (exact) mass is 266 g/mol. The summed E-state index contributed by atoms with van der Waals surface area (Å²) in [6.07, 6.45) is 1.77. The minimum atomic E-state index is -0.0808. The van der Waals surface area contributed by atoms with Gasteiger partial charge in [-0.25, -0.2) is 4.39 Å². The van der Waals surface area contributed by atoms with Crippen molar-refractivity contribution < 1.29 is 9.13 Å². The summed E-state index contributed by atoms with van der Waals surface area (Å²) in [6.45, 7) is 4.15. The van der Waals surface area contributed by atoms with Gasteiger partial charge in [0.15, 0.2) is 0 Å². The molecular formula is C15H23FN2O. The van der Waals surface area contributed by atoms with Crippen LogP contribution in [0.5, 0.6) is 0 Å². The van der Waals surface area contributed by atoms with E-state index in [1.165, 1.54) is 0 Å². The van der Waals surface area contributed by atoms with Crippen LogP contribution in [0.15, 0.2) is 18.2 Å². The lowest BCUT2D eigenvalue weighted by Gasteiger charge is -2.30. The first-order valence-electron chi connectivity index (χ1n) is 6.93. The van der Waals surface area contributed by atoms with Gasteiger partial charge in [0.05, 0.1) is 13.2 Å². The van der Waals surface area contributed by atoms with Gasteiger partial charge < -0.3 is 14.5 Å². The van der Waals surface area contributed by atoms with Crippen molar-refractivity contribution in [1.29, 1.82) is 0 Å². The molecule has 1 aromatic carbocycles. The molecule has 19 heavy (non-hydrogen) atoms. The van der Waals surface area contributed by atoms with E-state index in [2.05, 4.69) is 9.80 Å². The quantitative estimate of drug-likeness (QED) is 0.812. The highest BCUT2D eigenvalue weighted by molar-refractivity contribution is 5.54. The molecule has 0 saturated carbocycles. The van der Waals surface area contributed by atoms with Crippen molar-refractivity contribution >= 4 is 5.69 Å². The van der Waals surface area contributed by atoms with Crippen molar-refractivity contribution in [2.45, 2.75) is 12.8 Å². The predicted octanol–water partition coefficient (Wildman–Crippen LogP) is 2.16. The zero-order chi connectivity index (χ0) is 13.7. The van der Waals surface area contributed by atoms with E-state index >= 15 is 0 Å². The van der Waals surface area contributed by atoms with E-state index in [0.29, 0.717) is 0 Å². The van der Waals surface area contributed by atoms with Crippen molar-refractivity contribution in [2.75, 3.05) is 51.8 Å². The van der Waals surface area contributed by atoms with Crippen LogP contribution in [0.4, 0.5) is 10.1 Å². The molecule has 1 aliphatic heterocycles. The van der Waals surface area contributed by atoms with Gasteiger partial charge in [-0.1, -0.05) is 6.07 Å². The Hall–Kier alpha value is -1.13. The number of hydrogen-bond donors (Lipinski definition) is 0. The molecule has 0 aromatic heterocycles. The Labute approximate surface area is 115 Å². The molecule has 3 nitrogen and oxygen atoms in total. The van der Waals surface area contributed by atoms with Gasteiger partial charge >= 0.3 is 0 Å². The van der Waals surface area contributed by atoms with E-state index in [-0.39, 0.29) is 5.82 Å². The molecule has 2 rings (SSSR count). The zero-order valence-electron chi connectivity index (χ0n) is 11.9. The lowest BCUT2D eigenvalue weighted by molar-refractivity contribution is 0.122. The summed E-state index contributed by atoms with van der Waals surface area (Å²) in [5.41, 5.74) is 1.90. The Morgan fingerprint density at radius 2 is 2.00 bits per heavy atom. The van der Waals surface area contributed by atoms with Crippen molar-refractivity contribution in [3.8, 4) is 0 Å². The second-order valence-electron chi connectivity index (χ2n) is 5.24. The average molecular weight is 266 g/mol. The number of anilines is 1. The van der Waals surface area contributed by atoms with Crippen molar-refractivity contribution in [1.82, 2.24) is 4.90 Å². The summed E-state index contributed by atoms with van der Waals surface area (Å²) in [4.78, 5) is 4.37. The van der Waals surface area contributed by atoms with E-state index in [0.717, 1.165) is 56.9 Å².